The van der Waals surface area contributed by atoms with Crippen molar-refractivity contribution in [1.29, 1.82) is 0 Å². The summed E-state index contributed by atoms with van der Waals surface area (Å²) in [5, 5.41) is 3.63. The first-order valence-corrected chi connectivity index (χ1v) is 5.92. The number of aromatic nitrogens is 2. The van der Waals surface area contributed by atoms with Crippen molar-refractivity contribution >= 4 is 22.8 Å². The molecule has 4 heteroatoms. The smallest absolute Gasteiger partial charge is 0.222 e. The second-order valence-corrected chi connectivity index (χ2v) is 5.37. The Bertz CT molecular complexity index is 600. The van der Waals surface area contributed by atoms with Crippen LogP contribution in [0.3, 0.4) is 0 Å². The molecule has 18 heavy (non-hydrogen) atoms. The maximum Gasteiger partial charge on any atom is 0.222 e. The molecule has 0 radical (unpaired) electrons. The van der Waals surface area contributed by atoms with Crippen molar-refractivity contribution in [1.82, 2.24) is 9.97 Å². The topological polar surface area (TPSA) is 54.9 Å². The number of nitrogens with one attached hydrogen (secondary N) is 1. The van der Waals surface area contributed by atoms with Gasteiger partial charge in [0.25, 0.3) is 0 Å². The maximum atomic E-state index is 11.0. The van der Waals surface area contributed by atoms with E-state index in [0.29, 0.717) is 11.5 Å². The van der Waals surface area contributed by atoms with E-state index in [-0.39, 0.29) is 11.3 Å². The van der Waals surface area contributed by atoms with E-state index < -0.39 is 0 Å². The van der Waals surface area contributed by atoms with Crippen molar-refractivity contribution in [2.75, 3.05) is 5.32 Å². The molecule has 2 aromatic rings. The minimum absolute atomic E-state index is 0.0140. The third kappa shape index (κ3) is 2.64. The number of hydrogen-bond acceptors (Lipinski definition) is 3. The fraction of sp³-hybridized carbons (Fsp3) is 0.357. The van der Waals surface area contributed by atoms with Gasteiger partial charge in [0.05, 0.1) is 0 Å². The highest BCUT2D eigenvalue weighted by Gasteiger charge is 2.15. The van der Waals surface area contributed by atoms with E-state index in [9.17, 15) is 4.79 Å². The van der Waals surface area contributed by atoms with Crippen molar-refractivity contribution in [3.63, 3.8) is 0 Å². The molecule has 0 aliphatic heterocycles. The number of rotatable bonds is 1. The average molecular weight is 243 g/mol. The molecule has 0 atom stereocenters. The Morgan fingerprint density at radius 1 is 1.11 bits per heavy atom. The van der Waals surface area contributed by atoms with Gasteiger partial charge in [-0.05, 0) is 24.3 Å². The summed E-state index contributed by atoms with van der Waals surface area (Å²) in [6, 6.07) is 7.71. The number of pyridine rings is 2. The lowest BCUT2D eigenvalue weighted by molar-refractivity contribution is -0.114. The van der Waals surface area contributed by atoms with Crippen LogP contribution in [0.1, 0.15) is 33.4 Å². The van der Waals surface area contributed by atoms with Gasteiger partial charge in [-0.25, -0.2) is 9.97 Å². The van der Waals surface area contributed by atoms with E-state index in [2.05, 4.69) is 36.1 Å². The molecule has 0 saturated carbocycles. The SMILES string of the molecule is CC(=O)Nc1ccc2ccc(C(C)(C)C)nc2n1. The summed E-state index contributed by atoms with van der Waals surface area (Å²) in [5.74, 6) is 0.405. The van der Waals surface area contributed by atoms with Crippen LogP contribution in [0.2, 0.25) is 0 Å². The van der Waals surface area contributed by atoms with Crippen LogP contribution in [0.5, 0.6) is 0 Å². The molecule has 0 spiro atoms. The van der Waals surface area contributed by atoms with Gasteiger partial charge >= 0.3 is 0 Å². The van der Waals surface area contributed by atoms with E-state index in [0.717, 1.165) is 11.1 Å². The molecular weight excluding hydrogens is 226 g/mol. The second-order valence-electron chi connectivity index (χ2n) is 5.37. The van der Waals surface area contributed by atoms with Crippen LogP contribution in [-0.2, 0) is 10.2 Å². The zero-order valence-electron chi connectivity index (χ0n) is 11.1. The predicted molar refractivity (Wildman–Crippen MR) is 72.5 cm³/mol. The maximum absolute atomic E-state index is 11.0. The molecule has 0 fully saturated rings. The molecule has 2 rings (SSSR count). The lowest BCUT2D eigenvalue weighted by atomic mass is 9.91. The Labute approximate surface area is 106 Å². The predicted octanol–water partition coefficient (Wildman–Crippen LogP) is 2.89. The van der Waals surface area contributed by atoms with Crippen LogP contribution in [0.4, 0.5) is 5.82 Å². The third-order valence-corrected chi connectivity index (χ3v) is 2.62. The Balaban J connectivity index is 2.50. The number of carbonyl (C=O) groups is 1. The molecule has 0 aliphatic rings. The molecule has 1 amide bonds. The van der Waals surface area contributed by atoms with Gasteiger partial charge in [-0.15, -0.1) is 0 Å². The third-order valence-electron chi connectivity index (χ3n) is 2.62. The first-order chi connectivity index (χ1) is 8.36. The van der Waals surface area contributed by atoms with Crippen LogP contribution in [0.25, 0.3) is 11.0 Å². The zero-order valence-corrected chi connectivity index (χ0v) is 11.1. The monoisotopic (exact) mass is 243 g/mol. The largest absolute Gasteiger partial charge is 0.311 e. The van der Waals surface area contributed by atoms with Gasteiger partial charge in [-0.3, -0.25) is 4.79 Å². The number of anilines is 1. The van der Waals surface area contributed by atoms with Crippen LogP contribution < -0.4 is 5.32 Å². The lowest BCUT2D eigenvalue weighted by Gasteiger charge is -2.17. The molecule has 0 aromatic carbocycles. The summed E-state index contributed by atoms with van der Waals surface area (Å²) in [5.41, 5.74) is 1.64. The van der Waals surface area contributed by atoms with E-state index >= 15 is 0 Å². The number of hydrogen-bond donors (Lipinski definition) is 1. The fourth-order valence-corrected chi connectivity index (χ4v) is 1.67. The summed E-state index contributed by atoms with van der Waals surface area (Å²) in [4.78, 5) is 19.9. The molecule has 1 N–H and O–H groups in total. The Morgan fingerprint density at radius 3 is 2.39 bits per heavy atom. The van der Waals surface area contributed by atoms with Gasteiger partial charge in [-0.1, -0.05) is 20.8 Å². The standard InChI is InChI=1S/C14H17N3O/c1-9(18)15-12-8-6-10-5-7-11(14(2,3)4)16-13(10)17-12/h5-8H,1-4H3,(H,15,16,17,18). The fourth-order valence-electron chi connectivity index (χ4n) is 1.67. The normalized spacial score (nSPS) is 11.6. The molecule has 0 bridgehead atoms. The van der Waals surface area contributed by atoms with Crippen molar-refractivity contribution in [2.24, 2.45) is 0 Å². The summed E-state index contributed by atoms with van der Waals surface area (Å²) in [6.07, 6.45) is 0. The number of amides is 1. The highest BCUT2D eigenvalue weighted by molar-refractivity contribution is 5.89. The highest BCUT2D eigenvalue weighted by Crippen LogP contribution is 2.22. The van der Waals surface area contributed by atoms with E-state index in [1.54, 1.807) is 6.07 Å². The quantitative estimate of drug-likeness (QED) is 0.837. The van der Waals surface area contributed by atoms with E-state index in [4.69, 9.17) is 0 Å². The average Bonchev–Trinajstić information content (AvgIpc) is 2.26. The summed E-state index contributed by atoms with van der Waals surface area (Å²) >= 11 is 0. The molecule has 4 nitrogen and oxygen atoms in total. The first-order valence-electron chi connectivity index (χ1n) is 5.92. The molecular formula is C14H17N3O. The summed E-state index contributed by atoms with van der Waals surface area (Å²) < 4.78 is 0. The molecule has 94 valence electrons. The van der Waals surface area contributed by atoms with Gasteiger partial charge in [0.2, 0.25) is 5.91 Å². The lowest BCUT2D eigenvalue weighted by Crippen LogP contribution is -2.13. The van der Waals surface area contributed by atoms with Crippen LogP contribution in [-0.4, -0.2) is 15.9 Å². The van der Waals surface area contributed by atoms with Crippen molar-refractivity contribution in [2.45, 2.75) is 33.1 Å². The first kappa shape index (κ1) is 12.5. The van der Waals surface area contributed by atoms with Gasteiger partial charge in [0.1, 0.15) is 5.82 Å². The number of nitrogens with zero attached hydrogens (tertiary/aromatic N) is 2. The minimum atomic E-state index is -0.131. The zero-order chi connectivity index (χ0) is 13.3. The minimum Gasteiger partial charge on any atom is -0.311 e. The molecule has 0 saturated heterocycles. The molecule has 0 unspecified atom stereocenters. The van der Waals surface area contributed by atoms with Gasteiger partial charge in [0.15, 0.2) is 5.65 Å². The molecule has 2 aromatic heterocycles. The van der Waals surface area contributed by atoms with Gasteiger partial charge < -0.3 is 5.32 Å². The molecule has 0 aliphatic carbocycles. The van der Waals surface area contributed by atoms with Crippen molar-refractivity contribution in [3.05, 3.63) is 30.0 Å². The van der Waals surface area contributed by atoms with Gasteiger partial charge in [0, 0.05) is 23.4 Å². The van der Waals surface area contributed by atoms with Crippen LogP contribution in [0.15, 0.2) is 24.3 Å². The molecule has 2 heterocycles. The van der Waals surface area contributed by atoms with E-state index in [1.807, 2.05) is 18.2 Å². The number of fused-ring (bicyclic) bond motifs is 1. The van der Waals surface area contributed by atoms with Crippen molar-refractivity contribution in [3.8, 4) is 0 Å². The Morgan fingerprint density at radius 2 is 1.78 bits per heavy atom. The number of carbonyl (C=O) groups excluding carboxylic acids is 1. The Hall–Kier alpha value is -1.97. The van der Waals surface area contributed by atoms with E-state index in [1.165, 1.54) is 6.92 Å². The van der Waals surface area contributed by atoms with Crippen molar-refractivity contribution < 1.29 is 4.79 Å². The Kier molecular flexibility index (Phi) is 3.03. The summed E-state index contributed by atoms with van der Waals surface area (Å²) in [7, 11) is 0. The summed E-state index contributed by atoms with van der Waals surface area (Å²) in [6.45, 7) is 7.79. The van der Waals surface area contributed by atoms with Crippen LogP contribution in [0, 0.1) is 0 Å². The highest BCUT2D eigenvalue weighted by atomic mass is 16.1. The second kappa shape index (κ2) is 4.37. The van der Waals surface area contributed by atoms with Gasteiger partial charge in [-0.2, -0.15) is 0 Å². The van der Waals surface area contributed by atoms with Crippen LogP contribution >= 0.6 is 0 Å².